The van der Waals surface area contributed by atoms with Gasteiger partial charge in [-0.05, 0) is 25.1 Å². The third-order valence-electron chi connectivity index (χ3n) is 4.12. The van der Waals surface area contributed by atoms with Crippen molar-refractivity contribution < 1.29 is 9.21 Å². The number of carbonyl (C=O) groups is 1. The second-order valence-corrected chi connectivity index (χ2v) is 6.73. The van der Waals surface area contributed by atoms with Crippen LogP contribution in [-0.2, 0) is 11.2 Å². The maximum absolute atomic E-state index is 12.3. The summed E-state index contributed by atoms with van der Waals surface area (Å²) < 4.78 is 5.73. The van der Waals surface area contributed by atoms with Crippen LogP contribution in [0.4, 0.5) is 0 Å². The van der Waals surface area contributed by atoms with Crippen LogP contribution in [0.5, 0.6) is 0 Å². The van der Waals surface area contributed by atoms with Crippen LogP contribution in [0.25, 0.3) is 11.3 Å². The highest BCUT2D eigenvalue weighted by atomic mass is 35.5. The number of amides is 1. The lowest BCUT2D eigenvalue weighted by molar-refractivity contribution is -0.134. The van der Waals surface area contributed by atoms with Crippen molar-refractivity contribution in [3.8, 4) is 11.3 Å². The van der Waals surface area contributed by atoms with Gasteiger partial charge in [0.25, 0.3) is 0 Å². The third kappa shape index (κ3) is 5.51. The Kier molecular flexibility index (Phi) is 9.21. The van der Waals surface area contributed by atoms with E-state index < -0.39 is 0 Å². The van der Waals surface area contributed by atoms with E-state index >= 15 is 0 Å². The minimum atomic E-state index is 0. The Bertz CT molecular complexity index is 739. The van der Waals surface area contributed by atoms with Gasteiger partial charge in [-0.25, -0.2) is 4.98 Å². The number of oxazole rings is 1. The number of piperazine rings is 1. The average Bonchev–Trinajstić information content (AvgIpc) is 3.01. The monoisotopic (exact) mass is 439 g/mol. The van der Waals surface area contributed by atoms with Crippen molar-refractivity contribution in [1.82, 2.24) is 15.2 Å². The van der Waals surface area contributed by atoms with Crippen LogP contribution in [0.1, 0.15) is 19.2 Å². The van der Waals surface area contributed by atoms with Crippen LogP contribution < -0.4 is 5.32 Å². The van der Waals surface area contributed by atoms with E-state index in [1.165, 1.54) is 0 Å². The number of halogens is 4. The van der Waals surface area contributed by atoms with Gasteiger partial charge in [0, 0.05) is 49.1 Å². The molecule has 0 aliphatic carbocycles. The number of nitrogens with zero attached hydrogens (tertiary/aromatic N) is 2. The van der Waals surface area contributed by atoms with Crippen LogP contribution in [0, 0.1) is 0 Å². The first kappa shape index (κ1) is 23.1. The number of aromatic nitrogens is 1. The lowest BCUT2D eigenvalue weighted by atomic mass is 10.2. The Balaban J connectivity index is 0.00000169. The van der Waals surface area contributed by atoms with Crippen molar-refractivity contribution in [3.63, 3.8) is 0 Å². The van der Waals surface area contributed by atoms with Gasteiger partial charge >= 0.3 is 0 Å². The van der Waals surface area contributed by atoms with Crippen molar-refractivity contribution in [2.24, 2.45) is 0 Å². The van der Waals surface area contributed by atoms with Crippen molar-refractivity contribution in [3.05, 3.63) is 40.3 Å². The maximum Gasteiger partial charge on any atom is 0.223 e. The van der Waals surface area contributed by atoms with Crippen LogP contribution in [0.2, 0.25) is 10.0 Å². The third-order valence-corrected chi connectivity index (χ3v) is 4.67. The quantitative estimate of drug-likeness (QED) is 0.772. The first-order chi connectivity index (χ1) is 11.5. The summed E-state index contributed by atoms with van der Waals surface area (Å²) in [6.45, 7) is 4.48. The summed E-state index contributed by atoms with van der Waals surface area (Å²) in [5.41, 5.74) is 0.738. The van der Waals surface area contributed by atoms with E-state index in [1.807, 2.05) is 4.90 Å². The molecule has 144 valence electrons. The first-order valence-corrected chi connectivity index (χ1v) is 8.70. The molecule has 0 unspecified atom stereocenters. The first-order valence-electron chi connectivity index (χ1n) is 7.95. The standard InChI is InChI=1S/C17H19Cl2N3O2.2ClH/c1-11-9-20-6-7-22(11)17(23)5-4-16-21-10-15(24-16)13-3-2-12(18)8-14(13)19;;/h2-3,8,10-11,20H,4-7,9H2,1H3;2*1H/t11-;;/m1../s1. The summed E-state index contributed by atoms with van der Waals surface area (Å²) >= 11 is 12.1. The van der Waals surface area contributed by atoms with Gasteiger partial charge in [0.1, 0.15) is 0 Å². The van der Waals surface area contributed by atoms with Gasteiger partial charge < -0.3 is 14.6 Å². The molecule has 3 rings (SSSR count). The van der Waals surface area contributed by atoms with Gasteiger partial charge in [0.15, 0.2) is 11.7 Å². The fourth-order valence-electron chi connectivity index (χ4n) is 2.81. The Labute approximate surface area is 175 Å². The SMILES string of the molecule is C[C@@H]1CNCCN1C(=O)CCc1ncc(-c2ccc(Cl)cc2Cl)o1.Cl.Cl. The zero-order valence-electron chi connectivity index (χ0n) is 14.2. The number of nitrogens with one attached hydrogen (secondary N) is 1. The van der Waals surface area contributed by atoms with E-state index in [-0.39, 0.29) is 36.8 Å². The Morgan fingerprint density at radius 2 is 2.15 bits per heavy atom. The topological polar surface area (TPSA) is 58.4 Å². The molecule has 9 heteroatoms. The summed E-state index contributed by atoms with van der Waals surface area (Å²) in [7, 11) is 0. The molecule has 0 bridgehead atoms. The molecule has 0 saturated carbocycles. The lowest BCUT2D eigenvalue weighted by Gasteiger charge is -2.34. The predicted octanol–water partition coefficient (Wildman–Crippen LogP) is 4.24. The van der Waals surface area contributed by atoms with E-state index in [0.29, 0.717) is 34.5 Å². The molecule has 1 aromatic carbocycles. The highest BCUT2D eigenvalue weighted by Gasteiger charge is 2.23. The van der Waals surface area contributed by atoms with Crippen molar-refractivity contribution in [2.45, 2.75) is 25.8 Å². The van der Waals surface area contributed by atoms with Crippen molar-refractivity contribution in [2.75, 3.05) is 19.6 Å². The highest BCUT2D eigenvalue weighted by molar-refractivity contribution is 6.36. The maximum atomic E-state index is 12.3. The van der Waals surface area contributed by atoms with Gasteiger partial charge in [-0.15, -0.1) is 24.8 Å². The van der Waals surface area contributed by atoms with Crippen LogP contribution in [0.3, 0.4) is 0 Å². The van der Waals surface area contributed by atoms with Gasteiger partial charge in [-0.2, -0.15) is 0 Å². The van der Waals surface area contributed by atoms with Crippen LogP contribution >= 0.6 is 48.0 Å². The Morgan fingerprint density at radius 1 is 1.38 bits per heavy atom. The molecule has 1 N–H and O–H groups in total. The van der Waals surface area contributed by atoms with E-state index in [0.717, 1.165) is 25.2 Å². The zero-order valence-corrected chi connectivity index (χ0v) is 17.4. The van der Waals surface area contributed by atoms with Gasteiger partial charge in [-0.3, -0.25) is 4.79 Å². The number of benzene rings is 1. The number of hydrogen-bond donors (Lipinski definition) is 1. The number of aryl methyl sites for hydroxylation is 1. The molecule has 1 amide bonds. The van der Waals surface area contributed by atoms with E-state index in [2.05, 4.69) is 17.2 Å². The van der Waals surface area contributed by atoms with Gasteiger partial charge in [0.05, 0.1) is 11.2 Å². The van der Waals surface area contributed by atoms with Gasteiger partial charge in [0.2, 0.25) is 5.91 Å². The predicted molar refractivity (Wildman–Crippen MR) is 109 cm³/mol. The summed E-state index contributed by atoms with van der Waals surface area (Å²) in [5, 5.41) is 4.36. The minimum absolute atomic E-state index is 0. The Hall–Kier alpha value is -0.980. The number of rotatable bonds is 4. The van der Waals surface area contributed by atoms with Crippen molar-refractivity contribution >= 4 is 53.9 Å². The van der Waals surface area contributed by atoms with Crippen molar-refractivity contribution in [1.29, 1.82) is 0 Å². The molecule has 26 heavy (non-hydrogen) atoms. The molecule has 2 aromatic rings. The fourth-order valence-corrected chi connectivity index (χ4v) is 3.31. The molecule has 1 aliphatic rings. The smallest absolute Gasteiger partial charge is 0.223 e. The molecule has 1 saturated heterocycles. The molecule has 1 fully saturated rings. The average molecular weight is 441 g/mol. The molecular weight excluding hydrogens is 420 g/mol. The second kappa shape index (κ2) is 10.4. The molecule has 1 aromatic heterocycles. The van der Waals surface area contributed by atoms with Gasteiger partial charge in [-0.1, -0.05) is 23.2 Å². The van der Waals surface area contributed by atoms with E-state index in [9.17, 15) is 4.79 Å². The molecular formula is C17H21Cl4N3O2. The van der Waals surface area contributed by atoms with E-state index in [1.54, 1.807) is 24.4 Å². The summed E-state index contributed by atoms with van der Waals surface area (Å²) in [6, 6.07) is 5.43. The normalized spacial score (nSPS) is 16.6. The number of hydrogen-bond acceptors (Lipinski definition) is 4. The number of carbonyl (C=O) groups excluding carboxylic acids is 1. The molecule has 1 aliphatic heterocycles. The molecule has 0 radical (unpaired) electrons. The summed E-state index contributed by atoms with van der Waals surface area (Å²) in [4.78, 5) is 18.5. The molecule has 2 heterocycles. The summed E-state index contributed by atoms with van der Waals surface area (Å²) in [5.74, 6) is 1.25. The minimum Gasteiger partial charge on any atom is -0.441 e. The largest absolute Gasteiger partial charge is 0.441 e. The van der Waals surface area contributed by atoms with E-state index in [4.69, 9.17) is 27.6 Å². The fraction of sp³-hybridized carbons (Fsp3) is 0.412. The highest BCUT2D eigenvalue weighted by Crippen LogP contribution is 2.30. The van der Waals surface area contributed by atoms with Crippen LogP contribution in [-0.4, -0.2) is 41.5 Å². The Morgan fingerprint density at radius 3 is 2.85 bits per heavy atom. The second-order valence-electron chi connectivity index (χ2n) is 5.88. The molecule has 1 atom stereocenters. The molecule has 5 nitrogen and oxygen atoms in total. The molecule has 0 spiro atoms. The summed E-state index contributed by atoms with van der Waals surface area (Å²) in [6.07, 6.45) is 2.49. The lowest BCUT2D eigenvalue weighted by Crippen LogP contribution is -2.52. The van der Waals surface area contributed by atoms with Crippen LogP contribution in [0.15, 0.2) is 28.8 Å². The zero-order chi connectivity index (χ0) is 17.1.